The third-order valence-corrected chi connectivity index (χ3v) is 4.65. The van der Waals surface area contributed by atoms with Gasteiger partial charge in [0.25, 0.3) is 0 Å². The van der Waals surface area contributed by atoms with Crippen LogP contribution in [0.2, 0.25) is 0 Å². The standard InChI is InChI=1S/C16H22ClNO/c17-16(12-18-7-9-19-10-8-18)15-6-5-13-3-1-2-4-14(13)11-15/h5-6,11,16H,1-4,7-10,12H2. The molecule has 1 fully saturated rings. The fourth-order valence-corrected chi connectivity index (χ4v) is 3.39. The fraction of sp³-hybridized carbons (Fsp3) is 0.625. The highest BCUT2D eigenvalue weighted by Gasteiger charge is 2.18. The molecule has 2 nitrogen and oxygen atoms in total. The Morgan fingerprint density at radius 2 is 1.84 bits per heavy atom. The summed E-state index contributed by atoms with van der Waals surface area (Å²) in [6.45, 7) is 4.63. The van der Waals surface area contributed by atoms with Crippen molar-refractivity contribution >= 4 is 11.6 Å². The quantitative estimate of drug-likeness (QED) is 0.788. The zero-order chi connectivity index (χ0) is 13.1. The first-order chi connectivity index (χ1) is 9.33. The molecule has 1 unspecified atom stereocenters. The smallest absolute Gasteiger partial charge is 0.0712 e. The van der Waals surface area contributed by atoms with Crippen molar-refractivity contribution in [2.75, 3.05) is 32.8 Å². The van der Waals surface area contributed by atoms with Gasteiger partial charge in [-0.15, -0.1) is 11.6 Å². The summed E-state index contributed by atoms with van der Waals surface area (Å²) >= 11 is 6.60. The lowest BCUT2D eigenvalue weighted by molar-refractivity contribution is 0.0378. The molecule has 0 radical (unpaired) electrons. The van der Waals surface area contributed by atoms with Crippen LogP contribution >= 0.6 is 11.6 Å². The summed E-state index contributed by atoms with van der Waals surface area (Å²) in [6, 6.07) is 6.85. The highest BCUT2D eigenvalue weighted by molar-refractivity contribution is 6.21. The molecular weight excluding hydrogens is 258 g/mol. The summed E-state index contributed by atoms with van der Waals surface area (Å²) < 4.78 is 5.38. The van der Waals surface area contributed by atoms with Gasteiger partial charge in [0.1, 0.15) is 0 Å². The molecule has 1 aliphatic carbocycles. The Morgan fingerprint density at radius 1 is 1.11 bits per heavy atom. The van der Waals surface area contributed by atoms with Crippen LogP contribution in [-0.2, 0) is 17.6 Å². The molecule has 1 aromatic carbocycles. The van der Waals surface area contributed by atoms with Crippen LogP contribution in [-0.4, -0.2) is 37.7 Å². The Labute approximate surface area is 120 Å². The van der Waals surface area contributed by atoms with Crippen molar-refractivity contribution in [2.24, 2.45) is 0 Å². The van der Waals surface area contributed by atoms with Crippen molar-refractivity contribution < 1.29 is 4.74 Å². The average molecular weight is 280 g/mol. The molecular formula is C16H22ClNO. The molecule has 104 valence electrons. The van der Waals surface area contributed by atoms with Crippen LogP contribution in [0.1, 0.15) is 34.9 Å². The lowest BCUT2D eigenvalue weighted by atomic mass is 9.90. The number of benzene rings is 1. The van der Waals surface area contributed by atoms with Crippen LogP contribution in [0, 0.1) is 0 Å². The van der Waals surface area contributed by atoms with E-state index in [0.717, 1.165) is 32.8 Å². The Hall–Kier alpha value is -0.570. The van der Waals surface area contributed by atoms with Gasteiger partial charge < -0.3 is 4.74 Å². The molecule has 1 saturated heterocycles. The number of halogens is 1. The fourth-order valence-electron chi connectivity index (χ4n) is 3.06. The molecule has 1 aliphatic heterocycles. The Kier molecular flexibility index (Phi) is 4.42. The monoisotopic (exact) mass is 279 g/mol. The number of fused-ring (bicyclic) bond motifs is 1. The minimum Gasteiger partial charge on any atom is -0.379 e. The molecule has 0 amide bonds. The zero-order valence-electron chi connectivity index (χ0n) is 11.4. The van der Waals surface area contributed by atoms with Crippen LogP contribution in [0.3, 0.4) is 0 Å². The number of alkyl halides is 1. The molecule has 1 heterocycles. The van der Waals surface area contributed by atoms with Crippen molar-refractivity contribution in [2.45, 2.75) is 31.1 Å². The normalized spacial score (nSPS) is 21.9. The summed E-state index contributed by atoms with van der Waals surface area (Å²) in [4.78, 5) is 2.40. The van der Waals surface area contributed by atoms with Crippen LogP contribution in [0.4, 0.5) is 0 Å². The Bertz CT molecular complexity index is 429. The first-order valence-electron chi connectivity index (χ1n) is 7.39. The van der Waals surface area contributed by atoms with Gasteiger partial charge >= 0.3 is 0 Å². The van der Waals surface area contributed by atoms with Crippen molar-refractivity contribution in [1.82, 2.24) is 4.90 Å². The lowest BCUT2D eigenvalue weighted by Crippen LogP contribution is -2.38. The Morgan fingerprint density at radius 3 is 2.63 bits per heavy atom. The van der Waals surface area contributed by atoms with E-state index in [-0.39, 0.29) is 5.38 Å². The van der Waals surface area contributed by atoms with Crippen molar-refractivity contribution in [3.63, 3.8) is 0 Å². The predicted octanol–water partition coefficient (Wildman–Crippen LogP) is 3.18. The van der Waals surface area contributed by atoms with Crippen LogP contribution in [0.15, 0.2) is 18.2 Å². The summed E-state index contributed by atoms with van der Waals surface area (Å²) in [7, 11) is 0. The van der Waals surface area contributed by atoms with E-state index >= 15 is 0 Å². The van der Waals surface area contributed by atoms with E-state index in [0.29, 0.717) is 0 Å². The van der Waals surface area contributed by atoms with Gasteiger partial charge in [0.2, 0.25) is 0 Å². The first kappa shape index (κ1) is 13.4. The van der Waals surface area contributed by atoms with Crippen molar-refractivity contribution in [3.8, 4) is 0 Å². The van der Waals surface area contributed by atoms with Gasteiger partial charge in [-0.3, -0.25) is 4.90 Å². The summed E-state index contributed by atoms with van der Waals surface area (Å²) in [5.74, 6) is 0. The largest absolute Gasteiger partial charge is 0.379 e. The van der Waals surface area contributed by atoms with E-state index in [1.165, 1.54) is 42.4 Å². The van der Waals surface area contributed by atoms with Gasteiger partial charge in [-0.05, 0) is 42.4 Å². The molecule has 0 N–H and O–H groups in total. The number of aryl methyl sites for hydroxylation is 2. The van der Waals surface area contributed by atoms with Gasteiger partial charge in [-0.1, -0.05) is 18.2 Å². The number of nitrogens with zero attached hydrogens (tertiary/aromatic N) is 1. The van der Waals surface area contributed by atoms with E-state index < -0.39 is 0 Å². The number of hydrogen-bond acceptors (Lipinski definition) is 2. The number of ether oxygens (including phenoxy) is 1. The second-order valence-corrected chi connectivity index (χ2v) is 6.14. The molecule has 1 aromatic rings. The second kappa shape index (κ2) is 6.25. The molecule has 0 bridgehead atoms. The minimum atomic E-state index is 0.102. The molecule has 0 saturated carbocycles. The molecule has 2 aliphatic rings. The van der Waals surface area contributed by atoms with E-state index in [4.69, 9.17) is 16.3 Å². The summed E-state index contributed by atoms with van der Waals surface area (Å²) in [5.41, 5.74) is 4.34. The molecule has 0 aromatic heterocycles. The van der Waals surface area contributed by atoms with Crippen LogP contribution in [0.25, 0.3) is 0 Å². The van der Waals surface area contributed by atoms with E-state index in [1.807, 2.05) is 0 Å². The number of morpholine rings is 1. The predicted molar refractivity (Wildman–Crippen MR) is 78.9 cm³/mol. The van der Waals surface area contributed by atoms with Crippen molar-refractivity contribution in [1.29, 1.82) is 0 Å². The van der Waals surface area contributed by atoms with E-state index in [1.54, 1.807) is 0 Å². The molecule has 3 rings (SSSR count). The van der Waals surface area contributed by atoms with Crippen LogP contribution < -0.4 is 0 Å². The second-order valence-electron chi connectivity index (χ2n) is 5.62. The SMILES string of the molecule is ClC(CN1CCOCC1)c1ccc2c(c1)CCCC2. The molecule has 3 heteroatoms. The van der Waals surface area contributed by atoms with Crippen molar-refractivity contribution in [3.05, 3.63) is 34.9 Å². The summed E-state index contributed by atoms with van der Waals surface area (Å²) in [6.07, 6.45) is 5.13. The van der Waals surface area contributed by atoms with Gasteiger partial charge in [0.05, 0.1) is 18.6 Å². The highest BCUT2D eigenvalue weighted by Crippen LogP contribution is 2.28. The van der Waals surface area contributed by atoms with Gasteiger partial charge in [-0.2, -0.15) is 0 Å². The topological polar surface area (TPSA) is 12.5 Å². The molecule has 1 atom stereocenters. The molecule has 0 spiro atoms. The third-order valence-electron chi connectivity index (χ3n) is 4.26. The number of rotatable bonds is 3. The molecule has 19 heavy (non-hydrogen) atoms. The average Bonchev–Trinajstić information content (AvgIpc) is 2.48. The summed E-state index contributed by atoms with van der Waals surface area (Å²) in [5, 5.41) is 0.102. The van der Waals surface area contributed by atoms with Gasteiger partial charge in [0.15, 0.2) is 0 Å². The third kappa shape index (κ3) is 3.31. The maximum Gasteiger partial charge on any atom is 0.0712 e. The van der Waals surface area contributed by atoms with E-state index in [2.05, 4.69) is 23.1 Å². The van der Waals surface area contributed by atoms with E-state index in [9.17, 15) is 0 Å². The lowest BCUT2D eigenvalue weighted by Gasteiger charge is -2.28. The van der Waals surface area contributed by atoms with Crippen LogP contribution in [0.5, 0.6) is 0 Å². The minimum absolute atomic E-state index is 0.102. The highest BCUT2D eigenvalue weighted by atomic mass is 35.5. The Balaban J connectivity index is 1.67. The van der Waals surface area contributed by atoms with Gasteiger partial charge in [-0.25, -0.2) is 0 Å². The number of hydrogen-bond donors (Lipinski definition) is 0. The maximum atomic E-state index is 6.60. The van der Waals surface area contributed by atoms with Gasteiger partial charge in [0, 0.05) is 19.6 Å². The first-order valence-corrected chi connectivity index (χ1v) is 7.82. The maximum absolute atomic E-state index is 6.60. The zero-order valence-corrected chi connectivity index (χ0v) is 12.2.